The topological polar surface area (TPSA) is 92.7 Å². The molecule has 0 aromatic rings. The lowest BCUT2D eigenvalue weighted by Crippen LogP contribution is -2.37. The summed E-state index contributed by atoms with van der Waals surface area (Å²) in [4.78, 5) is 27.6. The fraction of sp³-hybridized carbons (Fsp3) is 0.955. The van der Waals surface area contributed by atoms with Crippen LogP contribution in [-0.4, -0.2) is 48.0 Å². The molecule has 0 radical (unpaired) electrons. The van der Waals surface area contributed by atoms with E-state index in [0.29, 0.717) is 0 Å². The molecule has 298 valence electrons. The molecule has 0 aliphatic heterocycles. The van der Waals surface area contributed by atoms with Crippen molar-refractivity contribution in [2.24, 2.45) is 11.5 Å². The third kappa shape index (κ3) is 36.3. The molecule has 0 aromatic heterocycles. The van der Waals surface area contributed by atoms with E-state index in [2.05, 4.69) is 13.8 Å². The molecular formula is C44H90N4O2. The summed E-state index contributed by atoms with van der Waals surface area (Å²) in [7, 11) is 0. The molecule has 0 bridgehead atoms. The highest BCUT2D eigenvalue weighted by Crippen LogP contribution is 2.16. The molecule has 4 N–H and O–H groups in total. The number of carbonyl (C=O) groups is 2. The molecule has 0 atom stereocenters. The van der Waals surface area contributed by atoms with Crippen molar-refractivity contribution in [2.45, 2.75) is 245 Å². The van der Waals surface area contributed by atoms with E-state index in [9.17, 15) is 9.59 Å². The molecule has 0 saturated carbocycles. The maximum atomic E-state index is 12.0. The Hall–Kier alpha value is -1.46. The lowest BCUT2D eigenvalue weighted by molar-refractivity contribution is 0.201. The normalized spacial score (nSPS) is 11.3. The van der Waals surface area contributed by atoms with Gasteiger partial charge in [-0.25, -0.2) is 9.59 Å². The first-order valence-corrected chi connectivity index (χ1v) is 22.6. The van der Waals surface area contributed by atoms with Gasteiger partial charge in [0.25, 0.3) is 0 Å². The number of carbonyl (C=O) groups excluding carboxylic acids is 2. The molecule has 0 saturated heterocycles. The van der Waals surface area contributed by atoms with Crippen molar-refractivity contribution in [1.29, 1.82) is 0 Å². The van der Waals surface area contributed by atoms with Crippen molar-refractivity contribution in [3.63, 3.8) is 0 Å². The second-order valence-electron chi connectivity index (χ2n) is 15.7. The van der Waals surface area contributed by atoms with Crippen LogP contribution in [-0.2, 0) is 0 Å². The lowest BCUT2D eigenvalue weighted by atomic mass is 10.0. The summed E-state index contributed by atoms with van der Waals surface area (Å²) in [5, 5.41) is 0. The van der Waals surface area contributed by atoms with E-state index in [0.717, 1.165) is 64.7 Å². The summed E-state index contributed by atoms with van der Waals surface area (Å²) in [6, 6.07) is -0.575. The monoisotopic (exact) mass is 707 g/mol. The molecule has 0 fully saturated rings. The summed E-state index contributed by atoms with van der Waals surface area (Å²) in [6.45, 7) is 7.62. The molecule has 0 aromatic carbocycles. The van der Waals surface area contributed by atoms with Crippen molar-refractivity contribution >= 4 is 12.1 Å². The number of amides is 4. The quantitative estimate of drug-likeness (QED) is 0.0619. The minimum Gasteiger partial charge on any atom is -0.351 e. The molecule has 0 spiro atoms. The van der Waals surface area contributed by atoms with Gasteiger partial charge in [0.2, 0.25) is 0 Å². The van der Waals surface area contributed by atoms with Gasteiger partial charge in [0.1, 0.15) is 0 Å². The van der Waals surface area contributed by atoms with Crippen LogP contribution < -0.4 is 11.5 Å². The number of nitrogens with two attached hydrogens (primary N) is 2. The molecular weight excluding hydrogens is 617 g/mol. The van der Waals surface area contributed by atoms with E-state index in [1.54, 1.807) is 0 Å². The first-order valence-electron chi connectivity index (χ1n) is 22.6. The molecule has 6 heteroatoms. The first kappa shape index (κ1) is 48.5. The van der Waals surface area contributed by atoms with Crippen LogP contribution >= 0.6 is 0 Å². The highest BCUT2D eigenvalue weighted by Gasteiger charge is 2.11. The maximum absolute atomic E-state index is 12.0. The summed E-state index contributed by atoms with van der Waals surface area (Å²) < 4.78 is 0. The Bertz CT molecular complexity index is 646. The van der Waals surface area contributed by atoms with E-state index in [1.165, 1.54) is 193 Å². The zero-order valence-corrected chi connectivity index (χ0v) is 34.1. The lowest BCUT2D eigenvalue weighted by Gasteiger charge is -2.21. The van der Waals surface area contributed by atoms with Gasteiger partial charge >= 0.3 is 12.1 Å². The summed E-state index contributed by atoms with van der Waals surface area (Å²) >= 11 is 0. The number of hydrogen-bond donors (Lipinski definition) is 2. The van der Waals surface area contributed by atoms with Crippen LogP contribution in [0.25, 0.3) is 0 Å². The minimum absolute atomic E-state index is 0.287. The predicted molar refractivity (Wildman–Crippen MR) is 220 cm³/mol. The van der Waals surface area contributed by atoms with Gasteiger partial charge in [-0.1, -0.05) is 219 Å². The van der Waals surface area contributed by atoms with Crippen molar-refractivity contribution in [2.75, 3.05) is 26.2 Å². The molecule has 4 amide bonds. The van der Waals surface area contributed by atoms with Crippen molar-refractivity contribution in [3.05, 3.63) is 0 Å². The van der Waals surface area contributed by atoms with Crippen molar-refractivity contribution < 1.29 is 9.59 Å². The van der Waals surface area contributed by atoms with Crippen LogP contribution in [0.1, 0.15) is 245 Å². The zero-order valence-electron chi connectivity index (χ0n) is 34.1. The van der Waals surface area contributed by atoms with Crippen molar-refractivity contribution in [1.82, 2.24) is 9.80 Å². The summed E-state index contributed by atoms with van der Waals surface area (Å²) in [5.74, 6) is 0. The SMILES string of the molecule is CCCCCCCCCCCCCCCCCCN(CCCCCCN(CCCCCCCCCCCCCCCCCC)C(N)=O)C(N)=O. The largest absolute Gasteiger partial charge is 0.351 e. The molecule has 0 unspecified atom stereocenters. The van der Waals surface area contributed by atoms with E-state index >= 15 is 0 Å². The van der Waals surface area contributed by atoms with Crippen LogP contribution in [0.15, 0.2) is 0 Å². The number of rotatable bonds is 41. The Morgan fingerprint density at radius 2 is 0.420 bits per heavy atom. The number of hydrogen-bond acceptors (Lipinski definition) is 2. The Balaban J connectivity index is 3.63. The van der Waals surface area contributed by atoms with Gasteiger partial charge in [-0.05, 0) is 25.7 Å². The van der Waals surface area contributed by atoms with Crippen LogP contribution in [0, 0.1) is 0 Å². The second-order valence-corrected chi connectivity index (χ2v) is 15.7. The highest BCUT2D eigenvalue weighted by molar-refractivity contribution is 5.72. The van der Waals surface area contributed by atoms with E-state index in [-0.39, 0.29) is 12.1 Å². The fourth-order valence-corrected chi connectivity index (χ4v) is 7.32. The molecule has 50 heavy (non-hydrogen) atoms. The van der Waals surface area contributed by atoms with Crippen molar-refractivity contribution in [3.8, 4) is 0 Å². The molecule has 0 aliphatic rings. The number of nitrogens with zero attached hydrogens (tertiary/aromatic N) is 2. The van der Waals surface area contributed by atoms with Crippen LogP contribution in [0.5, 0.6) is 0 Å². The van der Waals surface area contributed by atoms with Gasteiger partial charge < -0.3 is 21.3 Å². The Labute approximate surface area is 313 Å². The predicted octanol–water partition coefficient (Wildman–Crippen LogP) is 13.8. The van der Waals surface area contributed by atoms with E-state index in [4.69, 9.17) is 11.5 Å². The van der Waals surface area contributed by atoms with Gasteiger partial charge in [-0.2, -0.15) is 0 Å². The number of unbranched alkanes of at least 4 members (excludes halogenated alkanes) is 33. The third-order valence-electron chi connectivity index (χ3n) is 10.8. The van der Waals surface area contributed by atoms with Gasteiger partial charge in [0.15, 0.2) is 0 Å². The molecule has 6 nitrogen and oxygen atoms in total. The van der Waals surface area contributed by atoms with Gasteiger partial charge in [0, 0.05) is 26.2 Å². The Kier molecular flexibility index (Phi) is 39.1. The Morgan fingerprint density at radius 3 is 0.560 bits per heavy atom. The van der Waals surface area contributed by atoms with Gasteiger partial charge in [-0.3, -0.25) is 0 Å². The smallest absolute Gasteiger partial charge is 0.314 e. The summed E-state index contributed by atoms with van der Waals surface area (Å²) in [6.07, 6.45) is 47.4. The van der Waals surface area contributed by atoms with Crippen LogP contribution in [0.3, 0.4) is 0 Å². The fourth-order valence-electron chi connectivity index (χ4n) is 7.32. The first-order chi connectivity index (χ1) is 24.5. The van der Waals surface area contributed by atoms with Crippen LogP contribution in [0.2, 0.25) is 0 Å². The number of primary amides is 2. The standard InChI is InChI=1S/C44H90N4O2/c1-3-5-7-9-11-13-15-17-19-21-23-25-27-29-31-35-39-47(43(45)49)41-37-33-34-38-42-48(44(46)50)40-36-32-30-28-26-24-22-20-18-16-14-12-10-8-6-4-2/h3-42H2,1-2H3,(H2,45,49)(H2,46,50). The zero-order chi connectivity index (χ0) is 36.6. The average Bonchev–Trinajstić information content (AvgIpc) is 3.10. The molecule has 0 heterocycles. The third-order valence-corrected chi connectivity index (χ3v) is 10.8. The highest BCUT2D eigenvalue weighted by atomic mass is 16.2. The van der Waals surface area contributed by atoms with E-state index < -0.39 is 0 Å². The molecule has 0 rings (SSSR count). The maximum Gasteiger partial charge on any atom is 0.314 e. The second kappa shape index (κ2) is 40.3. The van der Waals surface area contributed by atoms with Crippen LogP contribution in [0.4, 0.5) is 9.59 Å². The van der Waals surface area contributed by atoms with E-state index in [1.807, 2.05) is 9.80 Å². The van der Waals surface area contributed by atoms with Gasteiger partial charge in [-0.15, -0.1) is 0 Å². The summed E-state index contributed by atoms with van der Waals surface area (Å²) in [5.41, 5.74) is 11.4. The Morgan fingerprint density at radius 1 is 0.280 bits per heavy atom. The molecule has 0 aliphatic carbocycles. The van der Waals surface area contributed by atoms with Gasteiger partial charge in [0.05, 0.1) is 0 Å². The number of urea groups is 2. The average molecular weight is 707 g/mol. The minimum atomic E-state index is -0.287.